The molecule has 0 radical (unpaired) electrons. The summed E-state index contributed by atoms with van der Waals surface area (Å²) < 4.78 is 0. The fraction of sp³-hybridized carbons (Fsp3) is 0.200. The molecule has 2 heteroatoms. The van der Waals surface area contributed by atoms with Gasteiger partial charge in [-0.25, -0.2) is 0 Å². The summed E-state index contributed by atoms with van der Waals surface area (Å²) in [6, 6.07) is 9.30. The molecule has 2 rings (SSSR count). The van der Waals surface area contributed by atoms with Gasteiger partial charge in [0.15, 0.2) is 11.5 Å². The molecule has 2 aromatic carbocycles. The molecule has 0 unspecified atom stereocenters. The Morgan fingerprint density at radius 3 is 2.12 bits per heavy atom. The van der Waals surface area contributed by atoms with E-state index in [1.165, 1.54) is 11.1 Å². The number of aryl methyl sites for hydroxylation is 2. The molecule has 0 aromatic heterocycles. The maximum Gasteiger partial charge on any atom is 0.158 e. The van der Waals surface area contributed by atoms with Crippen molar-refractivity contribution in [3.05, 3.63) is 47.0 Å². The maximum absolute atomic E-state index is 9.60. The number of aromatic hydroxyl groups is 2. The van der Waals surface area contributed by atoms with Crippen LogP contribution in [0.3, 0.4) is 0 Å². The highest BCUT2D eigenvalue weighted by molar-refractivity contribution is 5.74. The van der Waals surface area contributed by atoms with E-state index in [1.807, 2.05) is 19.1 Å². The monoisotopic (exact) mass is 228 g/mol. The van der Waals surface area contributed by atoms with Gasteiger partial charge in [-0.1, -0.05) is 18.2 Å². The summed E-state index contributed by atoms with van der Waals surface area (Å²) in [6.45, 7) is 6.05. The van der Waals surface area contributed by atoms with Crippen LogP contribution in [-0.2, 0) is 0 Å². The van der Waals surface area contributed by atoms with E-state index in [2.05, 4.69) is 19.9 Å². The van der Waals surface area contributed by atoms with Gasteiger partial charge in [0.25, 0.3) is 0 Å². The van der Waals surface area contributed by atoms with Gasteiger partial charge in [0.2, 0.25) is 0 Å². The van der Waals surface area contributed by atoms with Gasteiger partial charge < -0.3 is 10.2 Å². The molecular formula is C15H16O2. The van der Waals surface area contributed by atoms with E-state index in [0.29, 0.717) is 0 Å². The number of phenolic OH excluding ortho intramolecular Hbond substituents is 2. The van der Waals surface area contributed by atoms with E-state index < -0.39 is 0 Å². The predicted octanol–water partition coefficient (Wildman–Crippen LogP) is 3.69. The molecule has 2 nitrogen and oxygen atoms in total. The van der Waals surface area contributed by atoms with E-state index in [0.717, 1.165) is 16.7 Å². The molecule has 0 atom stereocenters. The van der Waals surface area contributed by atoms with Crippen LogP contribution >= 0.6 is 0 Å². The van der Waals surface area contributed by atoms with Crippen molar-refractivity contribution < 1.29 is 10.2 Å². The average Bonchev–Trinajstić information content (AvgIpc) is 2.28. The Labute approximate surface area is 101 Å². The lowest BCUT2D eigenvalue weighted by Gasteiger charge is -2.12. The van der Waals surface area contributed by atoms with Crippen molar-refractivity contribution >= 4 is 0 Å². The molecule has 0 aliphatic carbocycles. The Kier molecular flexibility index (Phi) is 2.80. The van der Waals surface area contributed by atoms with Crippen LogP contribution < -0.4 is 0 Å². The molecule has 0 fully saturated rings. The Morgan fingerprint density at radius 2 is 1.41 bits per heavy atom. The van der Waals surface area contributed by atoms with Crippen molar-refractivity contribution in [1.82, 2.24) is 0 Å². The Hall–Kier alpha value is -1.96. The van der Waals surface area contributed by atoms with Gasteiger partial charge in [0, 0.05) is 0 Å². The third-order valence-corrected chi connectivity index (χ3v) is 3.22. The first-order chi connectivity index (χ1) is 8.00. The Morgan fingerprint density at radius 1 is 0.765 bits per heavy atom. The molecule has 0 spiro atoms. The minimum Gasteiger partial charge on any atom is -0.504 e. The van der Waals surface area contributed by atoms with Crippen molar-refractivity contribution in [1.29, 1.82) is 0 Å². The molecule has 0 bridgehead atoms. The molecule has 0 heterocycles. The molecule has 88 valence electrons. The van der Waals surface area contributed by atoms with Crippen molar-refractivity contribution in [2.24, 2.45) is 0 Å². The van der Waals surface area contributed by atoms with Gasteiger partial charge in [-0.3, -0.25) is 0 Å². The highest BCUT2D eigenvalue weighted by atomic mass is 16.3. The lowest BCUT2D eigenvalue weighted by molar-refractivity contribution is 0.403. The van der Waals surface area contributed by atoms with Crippen molar-refractivity contribution in [3.63, 3.8) is 0 Å². The molecule has 0 saturated carbocycles. The van der Waals surface area contributed by atoms with Crippen LogP contribution in [0.15, 0.2) is 30.3 Å². The minimum absolute atomic E-state index is 0.0726. The van der Waals surface area contributed by atoms with Crippen molar-refractivity contribution in [2.75, 3.05) is 0 Å². The third kappa shape index (κ3) is 1.98. The first kappa shape index (κ1) is 11.5. The van der Waals surface area contributed by atoms with Gasteiger partial charge in [-0.15, -0.1) is 0 Å². The van der Waals surface area contributed by atoms with Crippen molar-refractivity contribution in [2.45, 2.75) is 20.8 Å². The Bertz CT molecular complexity index is 571. The largest absolute Gasteiger partial charge is 0.504 e. The van der Waals surface area contributed by atoms with Gasteiger partial charge in [-0.2, -0.15) is 0 Å². The molecule has 2 N–H and O–H groups in total. The van der Waals surface area contributed by atoms with Crippen LogP contribution in [0.1, 0.15) is 16.7 Å². The zero-order valence-corrected chi connectivity index (χ0v) is 10.3. The van der Waals surface area contributed by atoms with E-state index in [1.54, 1.807) is 12.1 Å². The van der Waals surface area contributed by atoms with Crippen LogP contribution in [0, 0.1) is 20.8 Å². The lowest BCUT2D eigenvalue weighted by Crippen LogP contribution is -1.89. The zero-order valence-electron chi connectivity index (χ0n) is 10.3. The third-order valence-electron chi connectivity index (χ3n) is 3.22. The number of phenols is 2. The summed E-state index contributed by atoms with van der Waals surface area (Å²) in [6.07, 6.45) is 0. The second-order valence-electron chi connectivity index (χ2n) is 4.40. The molecule has 0 aliphatic rings. The molecule has 2 aromatic rings. The maximum atomic E-state index is 9.60. The smallest absolute Gasteiger partial charge is 0.158 e. The van der Waals surface area contributed by atoms with Gasteiger partial charge >= 0.3 is 0 Å². The van der Waals surface area contributed by atoms with Gasteiger partial charge in [0.05, 0.1) is 0 Å². The first-order valence-corrected chi connectivity index (χ1v) is 5.60. The SMILES string of the molecule is Cc1cc(O)c(O)cc1-c1cccc(C)c1C. The molecule has 0 aliphatic heterocycles. The quantitative estimate of drug-likeness (QED) is 0.731. The van der Waals surface area contributed by atoms with E-state index in [9.17, 15) is 10.2 Å². The minimum atomic E-state index is -0.0773. The molecular weight excluding hydrogens is 212 g/mol. The summed E-state index contributed by atoms with van der Waals surface area (Å²) in [5.41, 5.74) is 5.42. The summed E-state index contributed by atoms with van der Waals surface area (Å²) in [4.78, 5) is 0. The van der Waals surface area contributed by atoms with Crippen LogP contribution in [-0.4, -0.2) is 10.2 Å². The highest BCUT2D eigenvalue weighted by Gasteiger charge is 2.10. The summed E-state index contributed by atoms with van der Waals surface area (Å²) >= 11 is 0. The second-order valence-corrected chi connectivity index (χ2v) is 4.40. The predicted molar refractivity (Wildman–Crippen MR) is 69.4 cm³/mol. The highest BCUT2D eigenvalue weighted by Crippen LogP contribution is 2.35. The van der Waals surface area contributed by atoms with Crippen LogP contribution in [0.4, 0.5) is 0 Å². The Balaban J connectivity index is 2.69. The van der Waals surface area contributed by atoms with E-state index >= 15 is 0 Å². The fourth-order valence-corrected chi connectivity index (χ4v) is 2.01. The number of benzene rings is 2. The first-order valence-electron chi connectivity index (χ1n) is 5.60. The molecule has 17 heavy (non-hydrogen) atoms. The van der Waals surface area contributed by atoms with E-state index in [4.69, 9.17) is 0 Å². The fourth-order valence-electron chi connectivity index (χ4n) is 2.01. The van der Waals surface area contributed by atoms with E-state index in [-0.39, 0.29) is 11.5 Å². The van der Waals surface area contributed by atoms with Gasteiger partial charge in [0.1, 0.15) is 0 Å². The van der Waals surface area contributed by atoms with Crippen LogP contribution in [0.5, 0.6) is 11.5 Å². The number of rotatable bonds is 1. The molecule has 0 saturated heterocycles. The average molecular weight is 228 g/mol. The summed E-state index contributed by atoms with van der Waals surface area (Å²) in [5, 5.41) is 19.0. The standard InChI is InChI=1S/C15H16O2/c1-9-5-4-6-12(11(9)3)13-8-15(17)14(16)7-10(13)2/h4-8,16-17H,1-3H3. The number of hydrogen-bond donors (Lipinski definition) is 2. The lowest BCUT2D eigenvalue weighted by atomic mass is 9.94. The van der Waals surface area contributed by atoms with Crippen LogP contribution in [0.2, 0.25) is 0 Å². The normalized spacial score (nSPS) is 10.5. The summed E-state index contributed by atoms with van der Waals surface area (Å²) in [5.74, 6) is -0.150. The summed E-state index contributed by atoms with van der Waals surface area (Å²) in [7, 11) is 0. The topological polar surface area (TPSA) is 40.5 Å². The van der Waals surface area contributed by atoms with Gasteiger partial charge in [-0.05, 0) is 60.7 Å². The molecule has 0 amide bonds. The zero-order chi connectivity index (χ0) is 12.6. The number of hydrogen-bond acceptors (Lipinski definition) is 2. The van der Waals surface area contributed by atoms with Crippen molar-refractivity contribution in [3.8, 4) is 22.6 Å². The van der Waals surface area contributed by atoms with Crippen LogP contribution in [0.25, 0.3) is 11.1 Å². The second kappa shape index (κ2) is 4.13.